The molecule has 0 spiro atoms. The Bertz CT molecular complexity index is 333. The molecule has 3 atom stereocenters. The fourth-order valence-corrected chi connectivity index (χ4v) is 2.68. The van der Waals surface area contributed by atoms with Crippen molar-refractivity contribution in [3.8, 4) is 0 Å². The summed E-state index contributed by atoms with van der Waals surface area (Å²) in [6.07, 6.45) is 2.17. The van der Waals surface area contributed by atoms with E-state index in [4.69, 9.17) is 27.9 Å². The molecule has 7 heteroatoms. The molecule has 0 radical (unpaired) electrons. The molecule has 3 unspecified atom stereocenters. The fourth-order valence-electron chi connectivity index (χ4n) is 1.31. The van der Waals surface area contributed by atoms with Gasteiger partial charge in [-0.2, -0.15) is 0 Å². The molecule has 2 nitrogen and oxygen atoms in total. The molecule has 0 saturated carbocycles. The molecular weight excluding hydrogens is 487 g/mol. The van der Waals surface area contributed by atoms with Crippen LogP contribution in [0.15, 0.2) is 11.6 Å². The van der Waals surface area contributed by atoms with Crippen molar-refractivity contribution in [1.82, 2.24) is 0 Å². The highest BCUT2D eigenvalue weighted by atomic mass is 79.9. The lowest BCUT2D eigenvalue weighted by Gasteiger charge is -2.29. The number of halogens is 5. The Hall–Kier alpha value is 1.23. The Morgan fingerprint density at radius 1 is 1.42 bits per heavy atom. The van der Waals surface area contributed by atoms with Crippen molar-refractivity contribution in [1.29, 1.82) is 0 Å². The molecule has 19 heavy (non-hydrogen) atoms. The summed E-state index contributed by atoms with van der Waals surface area (Å²) in [5, 5.41) is -0.171. The first-order chi connectivity index (χ1) is 8.61. The largest absolute Gasteiger partial charge is 0.461 e. The van der Waals surface area contributed by atoms with Crippen LogP contribution >= 0.6 is 71.0 Å². The maximum Gasteiger partial charge on any atom is 0.302 e. The third kappa shape index (κ3) is 7.70. The van der Waals surface area contributed by atoms with E-state index >= 15 is 0 Å². The average Bonchev–Trinajstić information content (AvgIpc) is 2.32. The molecule has 0 aromatic carbocycles. The summed E-state index contributed by atoms with van der Waals surface area (Å²) >= 11 is 22.3. The molecule has 0 aromatic rings. The number of esters is 1. The van der Waals surface area contributed by atoms with Gasteiger partial charge in [0.1, 0.15) is 6.10 Å². The van der Waals surface area contributed by atoms with Crippen LogP contribution in [-0.4, -0.2) is 31.4 Å². The quantitative estimate of drug-likeness (QED) is 0.265. The van der Waals surface area contributed by atoms with Crippen LogP contribution in [0.3, 0.4) is 0 Å². The molecule has 0 aliphatic carbocycles. The van der Waals surface area contributed by atoms with E-state index < -0.39 is 4.32 Å². The van der Waals surface area contributed by atoms with Gasteiger partial charge in [-0.05, 0) is 13.8 Å². The normalized spacial score (nSPS) is 18.9. The summed E-state index contributed by atoms with van der Waals surface area (Å²) in [5.41, 5.74) is 0.996. The van der Waals surface area contributed by atoms with Gasteiger partial charge in [0.2, 0.25) is 0 Å². The lowest BCUT2D eigenvalue weighted by Crippen LogP contribution is -2.38. The van der Waals surface area contributed by atoms with Crippen LogP contribution in [0, 0.1) is 0 Å². The van der Waals surface area contributed by atoms with Crippen molar-refractivity contribution >= 4 is 77.0 Å². The zero-order valence-corrected chi connectivity index (χ0v) is 17.2. The Kier molecular flexibility index (Phi) is 9.89. The number of hydrogen-bond donors (Lipinski definition) is 0. The van der Waals surface area contributed by atoms with Gasteiger partial charge in [0, 0.05) is 19.2 Å². The molecule has 0 aliphatic rings. The lowest BCUT2D eigenvalue weighted by molar-refractivity contribution is -0.147. The Morgan fingerprint density at radius 2 is 1.95 bits per heavy atom. The minimum atomic E-state index is -0.471. The van der Waals surface area contributed by atoms with Gasteiger partial charge in [0.05, 0.1) is 13.4 Å². The number of hydrogen-bond acceptors (Lipinski definition) is 2. The minimum Gasteiger partial charge on any atom is -0.461 e. The second-order valence-corrected chi connectivity index (χ2v) is 10.2. The van der Waals surface area contributed by atoms with Gasteiger partial charge in [0.25, 0.3) is 0 Å². The zero-order chi connectivity index (χ0) is 15.2. The monoisotopic (exact) mass is 500 g/mol. The maximum absolute atomic E-state index is 11.2. The van der Waals surface area contributed by atoms with Gasteiger partial charge < -0.3 is 4.74 Å². The summed E-state index contributed by atoms with van der Waals surface area (Å²) in [6.45, 7) is 5.22. The molecule has 0 fully saturated rings. The lowest BCUT2D eigenvalue weighted by atomic mass is 10.0. The molecular formula is C12H17Br3Cl2O2. The molecule has 0 aromatic heterocycles. The van der Waals surface area contributed by atoms with E-state index in [1.54, 1.807) is 0 Å². The third-order valence-corrected chi connectivity index (χ3v) is 6.48. The number of carbonyl (C=O) groups excluding carboxylic acids is 1. The topological polar surface area (TPSA) is 26.3 Å². The predicted molar refractivity (Wildman–Crippen MR) is 93.3 cm³/mol. The third-order valence-electron chi connectivity index (χ3n) is 2.55. The standard InChI is InChI=1S/C12H17Br3Cl2O2/c1-7(10(17)11(13)14)4-5-9(19-8(2)18)12(3,15)6-16/h4,9-11H,5-6H2,1-3H3/b7-4+. The number of allylic oxidation sites excluding steroid dienone is 1. The van der Waals surface area contributed by atoms with Gasteiger partial charge in [0.15, 0.2) is 0 Å². The van der Waals surface area contributed by atoms with E-state index in [2.05, 4.69) is 47.8 Å². The highest BCUT2D eigenvalue weighted by Crippen LogP contribution is 2.30. The van der Waals surface area contributed by atoms with Crippen molar-refractivity contribution in [2.75, 3.05) is 5.88 Å². The first-order valence-electron chi connectivity index (χ1n) is 5.62. The molecule has 0 rings (SSSR count). The Balaban J connectivity index is 4.84. The number of rotatable bonds is 7. The number of carbonyl (C=O) groups is 1. The molecule has 0 heterocycles. The van der Waals surface area contributed by atoms with Crippen molar-refractivity contribution in [3.63, 3.8) is 0 Å². The molecule has 0 saturated heterocycles. The molecule has 112 valence electrons. The fraction of sp³-hybridized carbons (Fsp3) is 0.750. The first kappa shape index (κ1) is 20.2. The van der Waals surface area contributed by atoms with Crippen molar-refractivity contribution < 1.29 is 9.53 Å². The van der Waals surface area contributed by atoms with E-state index in [0.29, 0.717) is 12.3 Å². The SMILES string of the molecule is CC(=O)OC(C/C=C(\C)C(Cl)C(Br)Br)C(C)(Br)CCl. The Labute approximate surface area is 150 Å². The first-order valence-corrected chi connectivity index (χ1v) is 9.22. The molecule has 0 N–H and O–H groups in total. The van der Waals surface area contributed by atoms with E-state index in [0.717, 1.165) is 5.57 Å². The summed E-state index contributed by atoms with van der Waals surface area (Å²) < 4.78 is 4.84. The smallest absolute Gasteiger partial charge is 0.302 e. The number of ether oxygens (including phenoxy) is 1. The van der Waals surface area contributed by atoms with Crippen LogP contribution in [0.1, 0.15) is 27.2 Å². The van der Waals surface area contributed by atoms with Crippen LogP contribution in [0.2, 0.25) is 0 Å². The van der Waals surface area contributed by atoms with Crippen LogP contribution < -0.4 is 0 Å². The predicted octanol–water partition coefficient (Wildman–Crippen LogP) is 5.37. The average molecular weight is 504 g/mol. The summed E-state index contributed by atoms with van der Waals surface area (Å²) in [7, 11) is 0. The van der Waals surface area contributed by atoms with E-state index in [9.17, 15) is 4.79 Å². The van der Waals surface area contributed by atoms with Crippen LogP contribution in [0.4, 0.5) is 0 Å². The van der Waals surface area contributed by atoms with Gasteiger partial charge >= 0.3 is 5.97 Å². The minimum absolute atomic E-state index is 0.00604. The molecule has 0 aliphatic heterocycles. The maximum atomic E-state index is 11.2. The summed E-state index contributed by atoms with van der Waals surface area (Å²) in [6, 6.07) is 0. The summed E-state index contributed by atoms with van der Waals surface area (Å²) in [5.74, 6) is 0.00916. The van der Waals surface area contributed by atoms with Gasteiger partial charge in [-0.1, -0.05) is 59.4 Å². The van der Waals surface area contributed by atoms with Gasteiger partial charge in [-0.15, -0.1) is 23.2 Å². The van der Waals surface area contributed by atoms with E-state index in [-0.39, 0.29) is 21.2 Å². The summed E-state index contributed by atoms with van der Waals surface area (Å²) in [4.78, 5) is 11.2. The zero-order valence-electron chi connectivity index (χ0n) is 10.9. The van der Waals surface area contributed by atoms with Crippen molar-refractivity contribution in [2.24, 2.45) is 0 Å². The van der Waals surface area contributed by atoms with E-state index in [1.807, 2.05) is 19.9 Å². The van der Waals surface area contributed by atoms with Crippen LogP contribution in [0.25, 0.3) is 0 Å². The highest BCUT2D eigenvalue weighted by Gasteiger charge is 2.33. The van der Waals surface area contributed by atoms with Crippen LogP contribution in [-0.2, 0) is 9.53 Å². The Morgan fingerprint density at radius 3 is 2.32 bits per heavy atom. The van der Waals surface area contributed by atoms with Gasteiger partial charge in [-0.3, -0.25) is 4.79 Å². The van der Waals surface area contributed by atoms with E-state index in [1.165, 1.54) is 6.92 Å². The van der Waals surface area contributed by atoms with Gasteiger partial charge in [-0.25, -0.2) is 0 Å². The van der Waals surface area contributed by atoms with Crippen molar-refractivity contribution in [3.05, 3.63) is 11.6 Å². The second-order valence-electron chi connectivity index (χ2n) is 4.43. The second kappa shape index (κ2) is 9.29. The molecule has 0 bridgehead atoms. The van der Waals surface area contributed by atoms with Crippen LogP contribution in [0.5, 0.6) is 0 Å². The molecule has 0 amide bonds. The highest BCUT2D eigenvalue weighted by molar-refractivity contribution is 9.24. The number of alkyl halides is 5. The van der Waals surface area contributed by atoms with Crippen molar-refractivity contribution in [2.45, 2.75) is 46.7 Å².